The standard InChI is InChI=1S/C34H31N/c1-5-6-17-31-24(2)29-20-19-28(23-32(29)34(31,3)4)35-33-21-18-27(25-13-9-7-10-14-25)22-30(33)26-15-11-8-12-16-26/h5-23,35H,1H2,2-4H3/b17-6-. The van der Waals surface area contributed by atoms with Gasteiger partial charge in [-0.1, -0.05) is 111 Å². The van der Waals surface area contributed by atoms with E-state index >= 15 is 0 Å². The van der Waals surface area contributed by atoms with E-state index in [-0.39, 0.29) is 5.41 Å². The van der Waals surface area contributed by atoms with Gasteiger partial charge in [0.05, 0.1) is 0 Å². The molecule has 4 aromatic carbocycles. The zero-order chi connectivity index (χ0) is 24.4. The van der Waals surface area contributed by atoms with Crippen molar-refractivity contribution in [2.45, 2.75) is 26.2 Å². The zero-order valence-corrected chi connectivity index (χ0v) is 20.7. The first-order chi connectivity index (χ1) is 17.0. The van der Waals surface area contributed by atoms with Crippen LogP contribution in [0.5, 0.6) is 0 Å². The van der Waals surface area contributed by atoms with Crippen molar-refractivity contribution < 1.29 is 0 Å². The van der Waals surface area contributed by atoms with Gasteiger partial charge >= 0.3 is 0 Å². The maximum atomic E-state index is 3.84. The van der Waals surface area contributed by atoms with E-state index in [1.165, 1.54) is 44.5 Å². The summed E-state index contributed by atoms with van der Waals surface area (Å²) in [5.41, 5.74) is 12.3. The molecule has 0 atom stereocenters. The van der Waals surface area contributed by atoms with Gasteiger partial charge in [-0.15, -0.1) is 0 Å². The number of allylic oxidation sites excluding steroid dienone is 5. The van der Waals surface area contributed by atoms with Crippen LogP contribution >= 0.6 is 0 Å². The molecular weight excluding hydrogens is 422 g/mol. The van der Waals surface area contributed by atoms with Crippen LogP contribution < -0.4 is 5.32 Å². The second-order valence-electron chi connectivity index (χ2n) is 9.64. The van der Waals surface area contributed by atoms with Gasteiger partial charge < -0.3 is 5.32 Å². The van der Waals surface area contributed by atoms with Crippen LogP contribution in [0.1, 0.15) is 31.9 Å². The van der Waals surface area contributed by atoms with Crippen molar-refractivity contribution in [1.29, 1.82) is 0 Å². The molecule has 0 heterocycles. The molecular formula is C34H31N. The Bertz CT molecular complexity index is 1440. The smallest absolute Gasteiger partial charge is 0.0464 e. The molecule has 0 aliphatic heterocycles. The maximum Gasteiger partial charge on any atom is 0.0464 e. The van der Waals surface area contributed by atoms with Crippen LogP contribution in [0.3, 0.4) is 0 Å². The lowest BCUT2D eigenvalue weighted by atomic mass is 9.81. The SMILES string of the molecule is C=C/C=C\C1=C(C)c2ccc(Nc3ccc(-c4ccccc4)cc3-c3ccccc3)cc2C1(C)C. The van der Waals surface area contributed by atoms with Gasteiger partial charge in [-0.3, -0.25) is 0 Å². The summed E-state index contributed by atoms with van der Waals surface area (Å²) in [5.74, 6) is 0. The zero-order valence-electron chi connectivity index (χ0n) is 20.7. The Hall–Kier alpha value is -4.10. The first-order valence-corrected chi connectivity index (χ1v) is 12.2. The monoisotopic (exact) mass is 453 g/mol. The first kappa shape index (κ1) is 22.7. The van der Waals surface area contributed by atoms with Crippen molar-refractivity contribution in [1.82, 2.24) is 0 Å². The summed E-state index contributed by atoms with van der Waals surface area (Å²) in [6, 6.07) is 34.6. The Balaban J connectivity index is 1.55. The van der Waals surface area contributed by atoms with Crippen molar-refractivity contribution in [3.8, 4) is 22.3 Å². The van der Waals surface area contributed by atoms with Crippen molar-refractivity contribution >= 4 is 16.9 Å². The van der Waals surface area contributed by atoms with Gasteiger partial charge in [0.15, 0.2) is 0 Å². The quantitative estimate of drug-likeness (QED) is 0.287. The van der Waals surface area contributed by atoms with Gasteiger partial charge in [-0.2, -0.15) is 0 Å². The van der Waals surface area contributed by atoms with Crippen LogP contribution in [0.2, 0.25) is 0 Å². The maximum absolute atomic E-state index is 3.84. The normalized spacial score (nSPS) is 14.3. The van der Waals surface area contributed by atoms with Crippen LogP contribution in [0, 0.1) is 0 Å². The molecule has 0 radical (unpaired) electrons. The summed E-state index contributed by atoms with van der Waals surface area (Å²) in [4.78, 5) is 0. The summed E-state index contributed by atoms with van der Waals surface area (Å²) >= 11 is 0. The number of rotatable bonds is 6. The third kappa shape index (κ3) is 4.26. The van der Waals surface area contributed by atoms with Gasteiger partial charge in [0.1, 0.15) is 0 Å². The second kappa shape index (κ2) is 9.27. The Kier molecular flexibility index (Phi) is 6.01. The molecule has 1 nitrogen and oxygen atoms in total. The first-order valence-electron chi connectivity index (χ1n) is 12.2. The van der Waals surface area contributed by atoms with Crippen molar-refractivity contribution in [2.24, 2.45) is 0 Å². The van der Waals surface area contributed by atoms with Gasteiger partial charge in [-0.05, 0) is 70.2 Å². The average Bonchev–Trinajstić information content (AvgIpc) is 3.08. The lowest BCUT2D eigenvalue weighted by molar-refractivity contribution is 0.654. The molecule has 4 aromatic rings. The van der Waals surface area contributed by atoms with Crippen molar-refractivity contribution in [2.75, 3.05) is 5.32 Å². The van der Waals surface area contributed by atoms with E-state index < -0.39 is 0 Å². The fourth-order valence-corrected chi connectivity index (χ4v) is 5.20. The number of nitrogens with one attached hydrogen (secondary N) is 1. The Morgan fingerprint density at radius 2 is 1.40 bits per heavy atom. The largest absolute Gasteiger partial charge is 0.355 e. The van der Waals surface area contributed by atoms with Crippen molar-refractivity contribution in [3.63, 3.8) is 0 Å². The molecule has 0 bridgehead atoms. The van der Waals surface area contributed by atoms with Crippen LogP contribution in [-0.4, -0.2) is 0 Å². The molecule has 1 heteroatoms. The third-order valence-corrected chi connectivity index (χ3v) is 7.06. The summed E-state index contributed by atoms with van der Waals surface area (Å²) in [6.45, 7) is 10.7. The molecule has 0 spiro atoms. The minimum Gasteiger partial charge on any atom is -0.355 e. The minimum absolute atomic E-state index is 0.0595. The highest BCUT2D eigenvalue weighted by Crippen LogP contribution is 2.47. The highest BCUT2D eigenvalue weighted by atomic mass is 14.9. The number of benzene rings is 4. The summed E-state index contributed by atoms with van der Waals surface area (Å²) in [5, 5.41) is 3.74. The fourth-order valence-electron chi connectivity index (χ4n) is 5.20. The molecule has 0 amide bonds. The molecule has 0 fully saturated rings. The van der Waals surface area contributed by atoms with Gasteiger partial charge in [0, 0.05) is 22.4 Å². The van der Waals surface area contributed by atoms with Crippen molar-refractivity contribution in [3.05, 3.63) is 139 Å². The highest BCUT2D eigenvalue weighted by molar-refractivity contribution is 5.87. The van der Waals surface area contributed by atoms with E-state index in [9.17, 15) is 0 Å². The number of anilines is 2. The van der Waals surface area contributed by atoms with Gasteiger partial charge in [0.25, 0.3) is 0 Å². The number of hydrogen-bond acceptors (Lipinski definition) is 1. The number of fused-ring (bicyclic) bond motifs is 1. The van der Waals surface area contributed by atoms with Crippen LogP contribution in [0.4, 0.5) is 11.4 Å². The molecule has 35 heavy (non-hydrogen) atoms. The average molecular weight is 454 g/mol. The fraction of sp³-hybridized carbons (Fsp3) is 0.118. The molecule has 0 saturated carbocycles. The molecule has 1 aliphatic rings. The summed E-state index contributed by atoms with van der Waals surface area (Å²) in [7, 11) is 0. The summed E-state index contributed by atoms with van der Waals surface area (Å²) in [6.07, 6.45) is 6.08. The molecule has 0 saturated heterocycles. The van der Waals surface area contributed by atoms with E-state index in [0.29, 0.717) is 0 Å². The second-order valence-corrected chi connectivity index (χ2v) is 9.64. The summed E-state index contributed by atoms with van der Waals surface area (Å²) < 4.78 is 0. The van der Waals surface area contributed by atoms with Gasteiger partial charge in [-0.25, -0.2) is 0 Å². The minimum atomic E-state index is -0.0595. The highest BCUT2D eigenvalue weighted by Gasteiger charge is 2.34. The Morgan fingerprint density at radius 1 is 0.714 bits per heavy atom. The lowest BCUT2D eigenvalue weighted by Gasteiger charge is -2.24. The molecule has 1 N–H and O–H groups in total. The van der Waals surface area contributed by atoms with E-state index in [0.717, 1.165) is 11.4 Å². The molecule has 172 valence electrons. The Morgan fingerprint density at radius 3 is 2.09 bits per heavy atom. The molecule has 5 rings (SSSR count). The topological polar surface area (TPSA) is 12.0 Å². The third-order valence-electron chi connectivity index (χ3n) is 7.06. The lowest BCUT2D eigenvalue weighted by Crippen LogP contribution is -2.16. The van der Waals surface area contributed by atoms with E-state index in [4.69, 9.17) is 0 Å². The predicted molar refractivity (Wildman–Crippen MR) is 152 cm³/mol. The molecule has 1 aliphatic carbocycles. The van der Waals surface area contributed by atoms with Crippen LogP contribution in [0.15, 0.2) is 127 Å². The van der Waals surface area contributed by atoms with Crippen LogP contribution in [0.25, 0.3) is 27.8 Å². The van der Waals surface area contributed by atoms with Gasteiger partial charge in [0.2, 0.25) is 0 Å². The van der Waals surface area contributed by atoms with E-state index in [1.807, 2.05) is 12.2 Å². The molecule has 0 aromatic heterocycles. The molecule has 0 unspecified atom stereocenters. The number of hydrogen-bond donors (Lipinski definition) is 1. The van der Waals surface area contributed by atoms with Crippen LogP contribution in [-0.2, 0) is 5.41 Å². The van der Waals surface area contributed by atoms with E-state index in [1.54, 1.807) is 0 Å². The Labute approximate surface area is 209 Å². The predicted octanol–water partition coefficient (Wildman–Crippen LogP) is 9.57. The van der Waals surface area contributed by atoms with E-state index in [2.05, 4.69) is 136 Å².